The minimum atomic E-state index is 0.0544. The van der Waals surface area contributed by atoms with Gasteiger partial charge in [0.2, 0.25) is 0 Å². The van der Waals surface area contributed by atoms with E-state index in [4.69, 9.17) is 4.74 Å². The van der Waals surface area contributed by atoms with Gasteiger partial charge in [-0.25, -0.2) is 4.79 Å². The van der Waals surface area contributed by atoms with Crippen molar-refractivity contribution in [2.75, 3.05) is 32.8 Å². The molecule has 0 saturated carbocycles. The van der Waals surface area contributed by atoms with Crippen molar-refractivity contribution in [3.63, 3.8) is 0 Å². The van der Waals surface area contributed by atoms with E-state index >= 15 is 0 Å². The molecule has 0 spiro atoms. The predicted molar refractivity (Wildman–Crippen MR) is 88.1 cm³/mol. The number of hydrogen-bond donors (Lipinski definition) is 1. The lowest BCUT2D eigenvalue weighted by Crippen LogP contribution is -2.54. The normalized spacial score (nSPS) is 24.4. The van der Waals surface area contributed by atoms with Crippen LogP contribution in [0.25, 0.3) is 0 Å². The number of amides is 2. The van der Waals surface area contributed by atoms with Gasteiger partial charge in [-0.2, -0.15) is 0 Å². The summed E-state index contributed by atoms with van der Waals surface area (Å²) < 4.78 is 5.64. The van der Waals surface area contributed by atoms with Crippen molar-refractivity contribution in [3.05, 3.63) is 22.4 Å². The van der Waals surface area contributed by atoms with Crippen molar-refractivity contribution in [1.82, 2.24) is 15.1 Å². The molecule has 2 atom stereocenters. The minimum absolute atomic E-state index is 0.0544. The zero-order chi connectivity index (χ0) is 15.4. The number of urea groups is 1. The molecule has 122 valence electrons. The third-order valence-electron chi connectivity index (χ3n) is 4.49. The zero-order valence-electron chi connectivity index (χ0n) is 13.2. The summed E-state index contributed by atoms with van der Waals surface area (Å²) in [6.45, 7) is 7.36. The van der Waals surface area contributed by atoms with Crippen LogP contribution in [0.15, 0.2) is 17.5 Å². The van der Waals surface area contributed by atoms with Crippen LogP contribution in [0, 0.1) is 0 Å². The fourth-order valence-electron chi connectivity index (χ4n) is 3.11. The van der Waals surface area contributed by atoms with Crippen LogP contribution in [-0.4, -0.2) is 60.8 Å². The monoisotopic (exact) mass is 323 g/mol. The first-order chi connectivity index (χ1) is 10.7. The molecule has 2 fully saturated rings. The number of nitrogens with zero attached hydrogens (tertiary/aromatic N) is 2. The molecule has 0 aromatic carbocycles. The number of carbonyl (C=O) groups excluding carboxylic acids is 1. The van der Waals surface area contributed by atoms with Gasteiger partial charge in [0.25, 0.3) is 0 Å². The van der Waals surface area contributed by atoms with Crippen LogP contribution in [0.4, 0.5) is 4.79 Å². The first-order valence-electron chi connectivity index (χ1n) is 8.14. The van der Waals surface area contributed by atoms with Gasteiger partial charge in [0.15, 0.2) is 0 Å². The molecule has 3 heterocycles. The van der Waals surface area contributed by atoms with Crippen molar-refractivity contribution < 1.29 is 9.53 Å². The van der Waals surface area contributed by atoms with E-state index in [2.05, 4.69) is 27.7 Å². The molecule has 3 rings (SSSR count). The Morgan fingerprint density at radius 1 is 1.45 bits per heavy atom. The molecule has 2 saturated heterocycles. The number of ether oxygens (including phenoxy) is 1. The van der Waals surface area contributed by atoms with E-state index in [-0.39, 0.29) is 18.2 Å². The third-order valence-corrected chi connectivity index (χ3v) is 5.35. The summed E-state index contributed by atoms with van der Waals surface area (Å²) in [7, 11) is 0. The van der Waals surface area contributed by atoms with Gasteiger partial charge in [-0.1, -0.05) is 6.07 Å². The number of carbonyl (C=O) groups is 1. The van der Waals surface area contributed by atoms with E-state index in [0.717, 1.165) is 52.2 Å². The quantitative estimate of drug-likeness (QED) is 0.923. The summed E-state index contributed by atoms with van der Waals surface area (Å²) in [5.74, 6) is 0. The molecule has 2 aliphatic heterocycles. The molecule has 0 unspecified atom stereocenters. The fraction of sp³-hybridized carbons (Fsp3) is 0.688. The van der Waals surface area contributed by atoms with Crippen molar-refractivity contribution >= 4 is 17.4 Å². The van der Waals surface area contributed by atoms with Crippen LogP contribution < -0.4 is 5.32 Å². The van der Waals surface area contributed by atoms with Gasteiger partial charge in [0, 0.05) is 44.2 Å². The Hall–Kier alpha value is -1.11. The van der Waals surface area contributed by atoms with Crippen molar-refractivity contribution in [3.8, 4) is 0 Å². The molecule has 1 N–H and O–H groups in total. The minimum Gasteiger partial charge on any atom is -0.376 e. The van der Waals surface area contributed by atoms with E-state index < -0.39 is 0 Å². The first kappa shape index (κ1) is 15.8. The lowest BCUT2D eigenvalue weighted by Gasteiger charge is -2.35. The van der Waals surface area contributed by atoms with Crippen LogP contribution in [0.3, 0.4) is 0 Å². The van der Waals surface area contributed by atoms with Crippen molar-refractivity contribution in [2.24, 2.45) is 0 Å². The second-order valence-electron chi connectivity index (χ2n) is 6.13. The van der Waals surface area contributed by atoms with Crippen molar-refractivity contribution in [1.29, 1.82) is 0 Å². The van der Waals surface area contributed by atoms with Gasteiger partial charge >= 0.3 is 6.03 Å². The van der Waals surface area contributed by atoms with Crippen molar-refractivity contribution in [2.45, 2.75) is 38.5 Å². The van der Waals surface area contributed by atoms with E-state index in [9.17, 15) is 4.79 Å². The third kappa shape index (κ3) is 4.00. The van der Waals surface area contributed by atoms with E-state index in [0.29, 0.717) is 0 Å². The van der Waals surface area contributed by atoms with Crippen LogP contribution in [-0.2, 0) is 11.3 Å². The predicted octanol–water partition coefficient (Wildman–Crippen LogP) is 2.14. The molecule has 22 heavy (non-hydrogen) atoms. The second kappa shape index (κ2) is 7.44. The maximum Gasteiger partial charge on any atom is 0.317 e. The number of thiophene rings is 1. The molecule has 0 radical (unpaired) electrons. The number of rotatable bonds is 4. The van der Waals surface area contributed by atoms with E-state index in [1.54, 1.807) is 11.3 Å². The Labute approximate surface area is 136 Å². The maximum atomic E-state index is 12.3. The highest BCUT2D eigenvalue weighted by Gasteiger charge is 2.27. The molecule has 6 heteroatoms. The molecule has 0 aliphatic carbocycles. The van der Waals surface area contributed by atoms with Gasteiger partial charge in [-0.05, 0) is 31.2 Å². The molecule has 1 aromatic rings. The van der Waals surface area contributed by atoms with E-state index in [1.165, 1.54) is 4.88 Å². The molecular weight excluding hydrogens is 298 g/mol. The summed E-state index contributed by atoms with van der Waals surface area (Å²) >= 11 is 1.80. The highest BCUT2D eigenvalue weighted by molar-refractivity contribution is 7.09. The SMILES string of the molecule is C[C@H](NC(=O)N1CCN(Cc2cccs2)CC1)[C@H]1CCCO1. The molecule has 1 aromatic heterocycles. The van der Waals surface area contributed by atoms with Gasteiger partial charge in [0.05, 0.1) is 12.1 Å². The molecule has 2 amide bonds. The zero-order valence-corrected chi connectivity index (χ0v) is 14.0. The number of nitrogens with one attached hydrogen (secondary N) is 1. The highest BCUT2D eigenvalue weighted by atomic mass is 32.1. The summed E-state index contributed by atoms with van der Waals surface area (Å²) in [6.07, 6.45) is 2.34. The van der Waals surface area contributed by atoms with Crippen LogP contribution in [0.5, 0.6) is 0 Å². The fourth-order valence-corrected chi connectivity index (χ4v) is 3.85. The largest absolute Gasteiger partial charge is 0.376 e. The molecule has 2 aliphatic rings. The summed E-state index contributed by atoms with van der Waals surface area (Å²) in [4.78, 5) is 18.1. The maximum absolute atomic E-state index is 12.3. The van der Waals surface area contributed by atoms with Crippen LogP contribution in [0.2, 0.25) is 0 Å². The smallest absolute Gasteiger partial charge is 0.317 e. The van der Waals surface area contributed by atoms with Crippen LogP contribution in [0.1, 0.15) is 24.6 Å². The lowest BCUT2D eigenvalue weighted by atomic mass is 10.1. The highest BCUT2D eigenvalue weighted by Crippen LogP contribution is 2.16. The van der Waals surface area contributed by atoms with Gasteiger partial charge < -0.3 is 15.0 Å². The Morgan fingerprint density at radius 3 is 2.91 bits per heavy atom. The Bertz CT molecular complexity index is 466. The summed E-state index contributed by atoms with van der Waals surface area (Å²) in [6, 6.07) is 4.42. The van der Waals surface area contributed by atoms with Gasteiger partial charge in [-0.3, -0.25) is 4.90 Å². The average molecular weight is 323 g/mol. The lowest BCUT2D eigenvalue weighted by molar-refractivity contribution is 0.0801. The standard InChI is InChI=1S/C16H25N3O2S/c1-13(15-5-2-10-21-15)17-16(20)19-8-6-18(7-9-19)12-14-4-3-11-22-14/h3-4,11,13,15H,2,5-10,12H2,1H3,(H,17,20)/t13-,15+/m0/s1. The number of hydrogen-bond acceptors (Lipinski definition) is 4. The Balaban J connectivity index is 1.41. The molecule has 5 nitrogen and oxygen atoms in total. The van der Waals surface area contributed by atoms with Crippen LogP contribution >= 0.6 is 11.3 Å². The summed E-state index contributed by atoms with van der Waals surface area (Å²) in [5.41, 5.74) is 0. The number of piperazine rings is 1. The first-order valence-corrected chi connectivity index (χ1v) is 9.02. The van der Waals surface area contributed by atoms with Gasteiger partial charge in [0.1, 0.15) is 0 Å². The average Bonchev–Trinajstić information content (AvgIpc) is 3.21. The topological polar surface area (TPSA) is 44.8 Å². The molecular formula is C16H25N3O2S. The van der Waals surface area contributed by atoms with E-state index in [1.807, 2.05) is 11.8 Å². The Morgan fingerprint density at radius 2 is 2.27 bits per heavy atom. The Kier molecular flexibility index (Phi) is 5.33. The van der Waals surface area contributed by atoms with Gasteiger partial charge in [-0.15, -0.1) is 11.3 Å². The molecule has 0 bridgehead atoms. The second-order valence-corrected chi connectivity index (χ2v) is 7.16. The summed E-state index contributed by atoms with van der Waals surface area (Å²) in [5, 5.41) is 5.21.